The van der Waals surface area contributed by atoms with Crippen molar-refractivity contribution >= 4 is 11.7 Å². The second-order valence-electron chi connectivity index (χ2n) is 5.35. The molecular weight excluding hydrogens is 252 g/mol. The fraction of sp³-hybridized carbons (Fsp3) is 0.600. The Kier molecular flexibility index (Phi) is 4.95. The first kappa shape index (κ1) is 14.8. The summed E-state index contributed by atoms with van der Waals surface area (Å²) < 4.78 is 0. The maximum absolute atomic E-state index is 11.5. The van der Waals surface area contributed by atoms with Gasteiger partial charge in [-0.15, -0.1) is 0 Å². The molecule has 110 valence electrons. The molecule has 0 unspecified atom stereocenters. The highest BCUT2D eigenvalue weighted by Gasteiger charge is 2.16. The molecule has 0 bridgehead atoms. The van der Waals surface area contributed by atoms with E-state index in [1.807, 2.05) is 32.0 Å². The molecule has 0 aliphatic carbocycles. The topological polar surface area (TPSA) is 48.5 Å². The fourth-order valence-electron chi connectivity index (χ4n) is 2.31. The molecule has 5 heteroatoms. The van der Waals surface area contributed by atoms with Crippen molar-refractivity contribution in [2.45, 2.75) is 26.3 Å². The summed E-state index contributed by atoms with van der Waals surface area (Å²) in [6.45, 7) is 7.97. The molecule has 0 radical (unpaired) electrons. The Bertz CT molecular complexity index is 455. The number of nitrogens with one attached hydrogen (secondary N) is 1. The third-order valence-corrected chi connectivity index (χ3v) is 3.73. The lowest BCUT2D eigenvalue weighted by molar-refractivity contribution is -0.121. The Labute approximate surface area is 121 Å². The molecule has 0 spiro atoms. The number of pyridine rings is 1. The third-order valence-electron chi connectivity index (χ3n) is 3.73. The highest BCUT2D eigenvalue weighted by molar-refractivity contribution is 5.75. The van der Waals surface area contributed by atoms with Crippen LogP contribution in [0.3, 0.4) is 0 Å². The standard InChI is InChI=1S/C15H24N4O/c1-4-15(20)16-12(2)13-6-5-7-14(17-13)19-10-8-18(3)9-11-19/h5-7,12H,4,8-11H2,1-3H3,(H,16,20)/t12-/m1/s1. The summed E-state index contributed by atoms with van der Waals surface area (Å²) in [6.07, 6.45) is 0.502. The number of piperazine rings is 1. The lowest BCUT2D eigenvalue weighted by Gasteiger charge is -2.33. The van der Waals surface area contributed by atoms with E-state index in [4.69, 9.17) is 4.98 Å². The summed E-state index contributed by atoms with van der Waals surface area (Å²) >= 11 is 0. The third kappa shape index (κ3) is 3.70. The molecule has 0 aromatic carbocycles. The van der Waals surface area contributed by atoms with Gasteiger partial charge in [0.05, 0.1) is 11.7 Å². The smallest absolute Gasteiger partial charge is 0.220 e. The fourth-order valence-corrected chi connectivity index (χ4v) is 2.31. The van der Waals surface area contributed by atoms with Crippen molar-refractivity contribution in [1.82, 2.24) is 15.2 Å². The van der Waals surface area contributed by atoms with E-state index in [-0.39, 0.29) is 11.9 Å². The number of hydrogen-bond donors (Lipinski definition) is 1. The second-order valence-corrected chi connectivity index (χ2v) is 5.35. The predicted molar refractivity (Wildman–Crippen MR) is 80.8 cm³/mol. The van der Waals surface area contributed by atoms with Gasteiger partial charge in [0.1, 0.15) is 5.82 Å². The SMILES string of the molecule is CCC(=O)N[C@H](C)c1cccc(N2CCN(C)CC2)n1. The Morgan fingerprint density at radius 3 is 2.70 bits per heavy atom. The highest BCUT2D eigenvalue weighted by Crippen LogP contribution is 2.17. The van der Waals surface area contributed by atoms with Crippen LogP contribution in [0, 0.1) is 0 Å². The Hall–Kier alpha value is -1.62. The van der Waals surface area contributed by atoms with E-state index in [1.54, 1.807) is 0 Å². The minimum Gasteiger partial charge on any atom is -0.354 e. The molecule has 1 aliphatic heterocycles. The van der Waals surface area contributed by atoms with Gasteiger partial charge in [0.2, 0.25) is 5.91 Å². The summed E-state index contributed by atoms with van der Waals surface area (Å²) in [5.41, 5.74) is 0.920. The van der Waals surface area contributed by atoms with Crippen LogP contribution < -0.4 is 10.2 Å². The van der Waals surface area contributed by atoms with Gasteiger partial charge in [-0.1, -0.05) is 13.0 Å². The number of hydrogen-bond acceptors (Lipinski definition) is 4. The van der Waals surface area contributed by atoms with Crippen LogP contribution in [-0.2, 0) is 4.79 Å². The number of aromatic nitrogens is 1. The zero-order valence-corrected chi connectivity index (χ0v) is 12.6. The van der Waals surface area contributed by atoms with E-state index in [9.17, 15) is 4.79 Å². The van der Waals surface area contributed by atoms with E-state index >= 15 is 0 Å². The van der Waals surface area contributed by atoms with Gasteiger partial charge >= 0.3 is 0 Å². The molecule has 5 nitrogen and oxygen atoms in total. The molecule has 1 atom stereocenters. The van der Waals surface area contributed by atoms with E-state index < -0.39 is 0 Å². The van der Waals surface area contributed by atoms with Crippen molar-refractivity contribution in [2.24, 2.45) is 0 Å². The second kappa shape index (κ2) is 6.70. The number of rotatable bonds is 4. The minimum absolute atomic E-state index is 0.0464. The van der Waals surface area contributed by atoms with Crippen LogP contribution in [0.15, 0.2) is 18.2 Å². The minimum atomic E-state index is -0.0464. The molecule has 1 fully saturated rings. The predicted octanol–water partition coefficient (Wildman–Crippen LogP) is 1.42. The zero-order chi connectivity index (χ0) is 14.5. The number of amides is 1. The van der Waals surface area contributed by atoms with Gasteiger partial charge in [-0.2, -0.15) is 0 Å². The maximum atomic E-state index is 11.5. The van der Waals surface area contributed by atoms with Gasteiger partial charge in [-0.3, -0.25) is 4.79 Å². The molecule has 2 heterocycles. The first-order valence-electron chi connectivity index (χ1n) is 7.30. The van der Waals surface area contributed by atoms with Crippen molar-refractivity contribution < 1.29 is 4.79 Å². The van der Waals surface area contributed by atoms with Crippen molar-refractivity contribution in [3.63, 3.8) is 0 Å². The number of carbonyl (C=O) groups excluding carboxylic acids is 1. The summed E-state index contributed by atoms with van der Waals surface area (Å²) in [6, 6.07) is 5.99. The summed E-state index contributed by atoms with van der Waals surface area (Å²) in [5, 5.41) is 2.95. The molecule has 2 rings (SSSR count). The van der Waals surface area contributed by atoms with E-state index in [0.717, 1.165) is 37.7 Å². The number of carbonyl (C=O) groups is 1. The lowest BCUT2D eigenvalue weighted by atomic mass is 10.2. The van der Waals surface area contributed by atoms with Crippen LogP contribution in [0.5, 0.6) is 0 Å². The van der Waals surface area contributed by atoms with E-state index in [1.165, 1.54) is 0 Å². The van der Waals surface area contributed by atoms with Gasteiger partial charge < -0.3 is 15.1 Å². The van der Waals surface area contributed by atoms with Crippen LogP contribution in [0.1, 0.15) is 32.0 Å². The van der Waals surface area contributed by atoms with Crippen molar-refractivity contribution in [1.29, 1.82) is 0 Å². The molecule has 1 aromatic heterocycles. The maximum Gasteiger partial charge on any atom is 0.220 e. The van der Waals surface area contributed by atoms with Gasteiger partial charge in [0.25, 0.3) is 0 Å². The molecular formula is C15H24N4O. The van der Waals surface area contributed by atoms with E-state index in [0.29, 0.717) is 6.42 Å². The molecule has 1 aliphatic rings. The van der Waals surface area contributed by atoms with Gasteiger partial charge in [0, 0.05) is 32.6 Å². The largest absolute Gasteiger partial charge is 0.354 e. The zero-order valence-electron chi connectivity index (χ0n) is 12.6. The van der Waals surface area contributed by atoms with E-state index in [2.05, 4.69) is 22.2 Å². The van der Waals surface area contributed by atoms with Gasteiger partial charge in [0.15, 0.2) is 0 Å². The van der Waals surface area contributed by atoms with Crippen molar-refractivity contribution in [3.05, 3.63) is 23.9 Å². The summed E-state index contributed by atoms with van der Waals surface area (Å²) in [4.78, 5) is 20.8. The van der Waals surface area contributed by atoms with Crippen LogP contribution >= 0.6 is 0 Å². The molecule has 1 amide bonds. The van der Waals surface area contributed by atoms with Crippen LogP contribution in [-0.4, -0.2) is 49.0 Å². The molecule has 1 N–H and O–H groups in total. The molecule has 0 saturated carbocycles. The van der Waals surface area contributed by atoms with Crippen LogP contribution in [0.25, 0.3) is 0 Å². The van der Waals surface area contributed by atoms with Crippen LogP contribution in [0.2, 0.25) is 0 Å². The first-order valence-corrected chi connectivity index (χ1v) is 7.30. The quantitative estimate of drug-likeness (QED) is 0.903. The summed E-state index contributed by atoms with van der Waals surface area (Å²) in [5.74, 6) is 1.07. The number of likely N-dealkylation sites (N-methyl/N-ethyl adjacent to an activating group) is 1. The van der Waals surface area contributed by atoms with Gasteiger partial charge in [-0.05, 0) is 26.1 Å². The molecule has 1 saturated heterocycles. The Balaban J connectivity index is 2.05. The summed E-state index contributed by atoms with van der Waals surface area (Å²) in [7, 11) is 2.14. The normalized spacial score (nSPS) is 17.9. The molecule has 1 aromatic rings. The Morgan fingerprint density at radius 2 is 2.05 bits per heavy atom. The average Bonchev–Trinajstić information content (AvgIpc) is 2.48. The highest BCUT2D eigenvalue weighted by atomic mass is 16.1. The van der Waals surface area contributed by atoms with Gasteiger partial charge in [-0.25, -0.2) is 4.98 Å². The Morgan fingerprint density at radius 1 is 1.35 bits per heavy atom. The average molecular weight is 276 g/mol. The van der Waals surface area contributed by atoms with Crippen molar-refractivity contribution in [3.8, 4) is 0 Å². The van der Waals surface area contributed by atoms with Crippen LogP contribution in [0.4, 0.5) is 5.82 Å². The molecule has 20 heavy (non-hydrogen) atoms. The number of anilines is 1. The van der Waals surface area contributed by atoms with Crippen molar-refractivity contribution in [2.75, 3.05) is 38.1 Å². The first-order chi connectivity index (χ1) is 9.60. The number of nitrogens with zero attached hydrogens (tertiary/aromatic N) is 3. The lowest BCUT2D eigenvalue weighted by Crippen LogP contribution is -2.44. The monoisotopic (exact) mass is 276 g/mol.